The second-order valence-corrected chi connectivity index (χ2v) is 4.65. The van der Waals surface area contributed by atoms with E-state index >= 15 is 0 Å². The minimum absolute atomic E-state index is 0.277. The predicted octanol–water partition coefficient (Wildman–Crippen LogP) is 0.882. The molecule has 2 heterocycles. The van der Waals surface area contributed by atoms with Crippen LogP contribution in [0.1, 0.15) is 32.5 Å². The highest BCUT2D eigenvalue weighted by atomic mass is 16.2. The van der Waals surface area contributed by atoms with Gasteiger partial charge in [0.15, 0.2) is 11.2 Å². The van der Waals surface area contributed by atoms with Gasteiger partial charge in [0.25, 0.3) is 5.56 Å². The van der Waals surface area contributed by atoms with Crippen LogP contribution < -0.4 is 11.2 Å². The molecule has 0 unspecified atom stereocenters. The number of rotatable bonds is 5. The summed E-state index contributed by atoms with van der Waals surface area (Å²) in [4.78, 5) is 31.4. The van der Waals surface area contributed by atoms with Crippen LogP contribution in [0.25, 0.3) is 11.2 Å². The van der Waals surface area contributed by atoms with Crippen molar-refractivity contribution >= 4 is 11.2 Å². The largest absolute Gasteiger partial charge is 0.330 e. The van der Waals surface area contributed by atoms with Crippen molar-refractivity contribution in [1.82, 2.24) is 19.1 Å². The number of aromatic amines is 1. The van der Waals surface area contributed by atoms with Crippen LogP contribution in [0.15, 0.2) is 9.59 Å². The van der Waals surface area contributed by atoms with Crippen LogP contribution in [0.2, 0.25) is 0 Å². The van der Waals surface area contributed by atoms with Gasteiger partial charge in [-0.1, -0.05) is 19.8 Å². The smallest absolute Gasteiger partial charge is 0.310 e. The normalized spacial score (nSPS) is 10.8. The van der Waals surface area contributed by atoms with Crippen molar-refractivity contribution in [2.45, 2.75) is 46.2 Å². The van der Waals surface area contributed by atoms with Crippen LogP contribution in [-0.2, 0) is 19.5 Å². The Morgan fingerprint density at radius 2 is 2.00 bits per heavy atom. The molecule has 0 spiro atoms. The maximum absolute atomic E-state index is 12.5. The molecule has 20 heavy (non-hydrogen) atoms. The zero-order valence-electron chi connectivity index (χ0n) is 11.8. The Kier molecular flexibility index (Phi) is 4.08. The van der Waals surface area contributed by atoms with Crippen LogP contribution in [0.4, 0.5) is 0 Å². The molecule has 0 aromatic carbocycles. The maximum Gasteiger partial charge on any atom is 0.330 e. The first-order valence-electron chi connectivity index (χ1n) is 6.79. The van der Waals surface area contributed by atoms with E-state index in [0.29, 0.717) is 30.6 Å². The van der Waals surface area contributed by atoms with Crippen LogP contribution in [0.3, 0.4) is 0 Å². The van der Waals surface area contributed by atoms with Gasteiger partial charge in [-0.3, -0.25) is 14.3 Å². The summed E-state index contributed by atoms with van der Waals surface area (Å²) in [5.41, 5.74) is -0.0287. The number of hydrogen-bond donors (Lipinski definition) is 1. The molecule has 2 aromatic heterocycles. The number of aryl methyl sites for hydroxylation is 1. The fourth-order valence-corrected chi connectivity index (χ4v) is 2.29. The van der Waals surface area contributed by atoms with Crippen LogP contribution in [-0.4, -0.2) is 19.1 Å². The molecule has 0 fully saturated rings. The van der Waals surface area contributed by atoms with Crippen molar-refractivity contribution in [3.63, 3.8) is 0 Å². The van der Waals surface area contributed by atoms with Gasteiger partial charge in [-0.05, 0) is 12.8 Å². The van der Waals surface area contributed by atoms with Gasteiger partial charge in [0.05, 0.1) is 6.54 Å². The third kappa shape index (κ3) is 2.27. The standard InChI is InChI=1S/C14H18N4O2/c1-4-7-10-15-12-11(17(10)8-5-2)13(19)18(9-6-3)14(20)16-12/h2H,4,6-9H2,1,3H3,(H,16,20). The minimum atomic E-state index is -0.419. The Morgan fingerprint density at radius 1 is 1.25 bits per heavy atom. The fourth-order valence-electron chi connectivity index (χ4n) is 2.29. The van der Waals surface area contributed by atoms with Gasteiger partial charge in [-0.25, -0.2) is 9.78 Å². The highest BCUT2D eigenvalue weighted by molar-refractivity contribution is 5.70. The van der Waals surface area contributed by atoms with E-state index in [1.807, 2.05) is 13.8 Å². The van der Waals surface area contributed by atoms with Crippen molar-refractivity contribution in [3.8, 4) is 12.3 Å². The van der Waals surface area contributed by atoms with E-state index in [9.17, 15) is 9.59 Å². The lowest BCUT2D eigenvalue weighted by Crippen LogP contribution is -2.35. The molecule has 106 valence electrons. The van der Waals surface area contributed by atoms with Crippen molar-refractivity contribution in [3.05, 3.63) is 26.7 Å². The summed E-state index contributed by atoms with van der Waals surface area (Å²) >= 11 is 0. The Morgan fingerprint density at radius 3 is 2.60 bits per heavy atom. The number of nitrogens with one attached hydrogen (secondary N) is 1. The number of fused-ring (bicyclic) bond motifs is 1. The molecule has 2 rings (SSSR count). The average molecular weight is 274 g/mol. The van der Waals surface area contributed by atoms with Crippen LogP contribution in [0, 0.1) is 12.3 Å². The highest BCUT2D eigenvalue weighted by Crippen LogP contribution is 2.11. The molecular weight excluding hydrogens is 256 g/mol. The molecule has 0 radical (unpaired) electrons. The molecule has 0 aliphatic heterocycles. The quantitative estimate of drug-likeness (QED) is 0.823. The molecular formula is C14H18N4O2. The number of H-pyrrole nitrogens is 1. The predicted molar refractivity (Wildman–Crippen MR) is 77.7 cm³/mol. The van der Waals surface area contributed by atoms with Gasteiger partial charge in [0.1, 0.15) is 5.82 Å². The molecule has 2 aromatic rings. The van der Waals surface area contributed by atoms with Gasteiger partial charge in [0, 0.05) is 13.0 Å². The summed E-state index contributed by atoms with van der Waals surface area (Å²) in [6.07, 6.45) is 7.69. The Labute approximate surface area is 116 Å². The zero-order chi connectivity index (χ0) is 14.7. The van der Waals surface area contributed by atoms with E-state index < -0.39 is 5.69 Å². The number of hydrogen-bond acceptors (Lipinski definition) is 3. The average Bonchev–Trinajstić information content (AvgIpc) is 2.73. The zero-order valence-corrected chi connectivity index (χ0v) is 11.8. The molecule has 6 heteroatoms. The highest BCUT2D eigenvalue weighted by Gasteiger charge is 2.16. The lowest BCUT2D eigenvalue weighted by molar-refractivity contribution is 0.619. The first kappa shape index (κ1) is 14.1. The number of aromatic nitrogens is 4. The van der Waals surface area contributed by atoms with Crippen LogP contribution in [0.5, 0.6) is 0 Å². The van der Waals surface area contributed by atoms with Gasteiger partial charge < -0.3 is 4.57 Å². The Balaban J connectivity index is 2.80. The van der Waals surface area contributed by atoms with Crippen molar-refractivity contribution in [2.75, 3.05) is 0 Å². The van der Waals surface area contributed by atoms with Gasteiger partial charge in [-0.2, -0.15) is 0 Å². The number of nitrogens with zero attached hydrogens (tertiary/aromatic N) is 3. The molecule has 1 N–H and O–H groups in total. The second kappa shape index (κ2) is 5.78. The van der Waals surface area contributed by atoms with E-state index in [1.54, 1.807) is 4.57 Å². The van der Waals surface area contributed by atoms with Crippen molar-refractivity contribution < 1.29 is 0 Å². The third-order valence-electron chi connectivity index (χ3n) is 3.14. The summed E-state index contributed by atoms with van der Waals surface area (Å²) in [6.45, 7) is 4.60. The molecule has 0 saturated carbocycles. The van der Waals surface area contributed by atoms with Gasteiger partial charge >= 0.3 is 5.69 Å². The summed E-state index contributed by atoms with van der Waals surface area (Å²) in [6, 6.07) is 0. The molecule has 0 saturated heterocycles. The Hall–Kier alpha value is -2.29. The summed E-state index contributed by atoms with van der Waals surface area (Å²) in [5.74, 6) is 3.28. The van der Waals surface area contributed by atoms with E-state index in [1.165, 1.54) is 4.57 Å². The van der Waals surface area contributed by atoms with E-state index in [2.05, 4.69) is 15.9 Å². The molecule has 0 aliphatic carbocycles. The first-order chi connectivity index (χ1) is 9.63. The monoisotopic (exact) mass is 274 g/mol. The van der Waals surface area contributed by atoms with Crippen LogP contribution >= 0.6 is 0 Å². The van der Waals surface area contributed by atoms with E-state index in [-0.39, 0.29) is 12.1 Å². The lowest BCUT2D eigenvalue weighted by atomic mass is 10.3. The molecule has 0 aliphatic rings. The summed E-state index contributed by atoms with van der Waals surface area (Å²) < 4.78 is 2.93. The molecule has 6 nitrogen and oxygen atoms in total. The minimum Gasteiger partial charge on any atom is -0.310 e. The van der Waals surface area contributed by atoms with Gasteiger partial charge in [-0.15, -0.1) is 6.42 Å². The molecule has 0 atom stereocenters. The van der Waals surface area contributed by atoms with E-state index in [0.717, 1.165) is 12.2 Å². The van der Waals surface area contributed by atoms with Crippen molar-refractivity contribution in [2.24, 2.45) is 0 Å². The maximum atomic E-state index is 12.5. The van der Waals surface area contributed by atoms with Crippen molar-refractivity contribution in [1.29, 1.82) is 0 Å². The lowest BCUT2D eigenvalue weighted by Gasteiger charge is -2.05. The first-order valence-corrected chi connectivity index (χ1v) is 6.79. The second-order valence-electron chi connectivity index (χ2n) is 4.65. The fraction of sp³-hybridized carbons (Fsp3) is 0.500. The Bertz CT molecular complexity index is 773. The summed E-state index contributed by atoms with van der Waals surface area (Å²) in [5, 5.41) is 0. The number of imidazole rings is 1. The number of terminal acetylenes is 1. The molecule has 0 bridgehead atoms. The van der Waals surface area contributed by atoms with Gasteiger partial charge in [0.2, 0.25) is 0 Å². The SMILES string of the molecule is C#CCn1c(CCC)nc2[nH]c(=O)n(CCC)c(=O)c21. The topological polar surface area (TPSA) is 72.7 Å². The third-order valence-corrected chi connectivity index (χ3v) is 3.14. The molecule has 0 amide bonds. The van der Waals surface area contributed by atoms with E-state index in [4.69, 9.17) is 6.42 Å². The summed E-state index contributed by atoms with van der Waals surface area (Å²) in [7, 11) is 0.